The van der Waals surface area contributed by atoms with Gasteiger partial charge in [0, 0.05) is 6.04 Å². The number of benzene rings is 1. The van der Waals surface area contributed by atoms with E-state index in [-0.39, 0.29) is 5.82 Å². The molecule has 0 bridgehead atoms. The average molecular weight is 291 g/mol. The van der Waals surface area contributed by atoms with E-state index in [0.717, 1.165) is 35.9 Å². The van der Waals surface area contributed by atoms with Gasteiger partial charge in [0.05, 0.1) is 0 Å². The number of hydrogen-bond donors (Lipinski definition) is 1. The van der Waals surface area contributed by atoms with Gasteiger partial charge in [0.1, 0.15) is 5.82 Å². The molecule has 1 N–H and O–H groups in total. The molecule has 0 radical (unpaired) electrons. The van der Waals surface area contributed by atoms with Crippen LogP contribution in [0.2, 0.25) is 0 Å². The quantitative estimate of drug-likeness (QED) is 0.781. The van der Waals surface area contributed by atoms with Crippen molar-refractivity contribution in [1.82, 2.24) is 5.32 Å². The zero-order chi connectivity index (χ0) is 15.4. The van der Waals surface area contributed by atoms with Crippen molar-refractivity contribution in [3.63, 3.8) is 0 Å². The number of halogens is 1. The van der Waals surface area contributed by atoms with E-state index in [0.29, 0.717) is 12.0 Å². The molecule has 0 aliphatic heterocycles. The molecule has 0 amide bonds. The van der Waals surface area contributed by atoms with Gasteiger partial charge in [0.15, 0.2) is 0 Å². The minimum atomic E-state index is -0.106. The van der Waals surface area contributed by atoms with Crippen LogP contribution in [0.15, 0.2) is 18.2 Å². The molecule has 1 saturated carbocycles. The summed E-state index contributed by atoms with van der Waals surface area (Å²) in [6.07, 6.45) is 4.91. The zero-order valence-electron chi connectivity index (χ0n) is 14.0. The molecule has 0 heterocycles. The number of rotatable bonds is 5. The molecule has 0 spiro atoms. The monoisotopic (exact) mass is 291 g/mol. The second-order valence-corrected chi connectivity index (χ2v) is 7.02. The molecule has 4 unspecified atom stereocenters. The van der Waals surface area contributed by atoms with Gasteiger partial charge in [-0.05, 0) is 73.7 Å². The number of aryl methyl sites for hydroxylation is 1. The van der Waals surface area contributed by atoms with Gasteiger partial charge in [-0.2, -0.15) is 0 Å². The molecule has 1 aliphatic rings. The van der Waals surface area contributed by atoms with Crippen LogP contribution >= 0.6 is 0 Å². The van der Waals surface area contributed by atoms with Crippen LogP contribution in [0.3, 0.4) is 0 Å². The van der Waals surface area contributed by atoms with Gasteiger partial charge in [0.2, 0.25) is 0 Å². The van der Waals surface area contributed by atoms with E-state index in [1.165, 1.54) is 19.3 Å². The summed E-state index contributed by atoms with van der Waals surface area (Å²) >= 11 is 0. The fraction of sp³-hybridized carbons (Fsp3) is 0.684. The molecule has 2 rings (SSSR count). The first-order valence-electron chi connectivity index (χ1n) is 8.51. The lowest BCUT2D eigenvalue weighted by molar-refractivity contribution is 0.171. The van der Waals surface area contributed by atoms with Crippen LogP contribution < -0.4 is 5.32 Å². The van der Waals surface area contributed by atoms with Gasteiger partial charge in [0.25, 0.3) is 0 Å². The van der Waals surface area contributed by atoms with Crippen LogP contribution in [0, 0.1) is 30.5 Å². The van der Waals surface area contributed by atoms with Crippen LogP contribution in [-0.2, 0) is 0 Å². The summed E-state index contributed by atoms with van der Waals surface area (Å²) in [6, 6.07) is 5.79. The Balaban J connectivity index is 2.21. The third-order valence-electron chi connectivity index (χ3n) is 5.15. The molecule has 4 atom stereocenters. The minimum absolute atomic E-state index is 0.106. The highest BCUT2D eigenvalue weighted by molar-refractivity contribution is 5.27. The van der Waals surface area contributed by atoms with Crippen molar-refractivity contribution in [1.29, 1.82) is 0 Å². The molecule has 1 aromatic rings. The van der Waals surface area contributed by atoms with E-state index >= 15 is 0 Å². The maximum absolute atomic E-state index is 13.8. The Morgan fingerprint density at radius 1 is 1.19 bits per heavy atom. The van der Waals surface area contributed by atoms with Gasteiger partial charge in [-0.3, -0.25) is 0 Å². The Morgan fingerprint density at radius 2 is 1.95 bits per heavy atom. The zero-order valence-corrected chi connectivity index (χ0v) is 14.0. The van der Waals surface area contributed by atoms with Gasteiger partial charge >= 0.3 is 0 Å². The first kappa shape index (κ1) is 16.5. The average Bonchev–Trinajstić information content (AvgIpc) is 2.42. The maximum atomic E-state index is 13.8. The molecule has 0 saturated heterocycles. The fourth-order valence-electron chi connectivity index (χ4n) is 3.69. The standard InChI is InChI=1S/C19H30FN/c1-5-8-21-19(16-7-6-14(3)15(4)11-16)17-9-13(2)10-18(20)12-17/h9-10,12,14-16,19,21H,5-8,11H2,1-4H3. The molecule has 118 valence electrons. The van der Waals surface area contributed by atoms with Crippen LogP contribution in [0.25, 0.3) is 0 Å². The fourth-order valence-corrected chi connectivity index (χ4v) is 3.69. The summed E-state index contributed by atoms with van der Waals surface area (Å²) in [5, 5.41) is 3.68. The van der Waals surface area contributed by atoms with Gasteiger partial charge < -0.3 is 5.32 Å². The Labute approximate surface area is 129 Å². The number of hydrogen-bond acceptors (Lipinski definition) is 1. The smallest absolute Gasteiger partial charge is 0.123 e. The molecule has 1 aliphatic carbocycles. The van der Waals surface area contributed by atoms with E-state index in [1.807, 2.05) is 6.92 Å². The molecule has 1 nitrogen and oxygen atoms in total. The Morgan fingerprint density at radius 3 is 2.57 bits per heavy atom. The predicted molar refractivity (Wildman–Crippen MR) is 87.8 cm³/mol. The lowest BCUT2D eigenvalue weighted by Crippen LogP contribution is -2.33. The van der Waals surface area contributed by atoms with Crippen molar-refractivity contribution in [2.75, 3.05) is 6.54 Å². The first-order valence-corrected chi connectivity index (χ1v) is 8.51. The summed E-state index contributed by atoms with van der Waals surface area (Å²) in [5.74, 6) is 2.11. The topological polar surface area (TPSA) is 12.0 Å². The van der Waals surface area contributed by atoms with Gasteiger partial charge in [-0.15, -0.1) is 0 Å². The number of nitrogens with one attached hydrogen (secondary N) is 1. The second-order valence-electron chi connectivity index (χ2n) is 7.02. The van der Waals surface area contributed by atoms with Crippen LogP contribution in [0.1, 0.15) is 63.6 Å². The van der Waals surface area contributed by atoms with Crippen molar-refractivity contribution >= 4 is 0 Å². The minimum Gasteiger partial charge on any atom is -0.310 e. The van der Waals surface area contributed by atoms with Crippen molar-refractivity contribution in [3.05, 3.63) is 35.1 Å². The van der Waals surface area contributed by atoms with E-state index in [1.54, 1.807) is 12.1 Å². The summed E-state index contributed by atoms with van der Waals surface area (Å²) in [6.45, 7) is 9.90. The van der Waals surface area contributed by atoms with Crippen LogP contribution in [-0.4, -0.2) is 6.54 Å². The van der Waals surface area contributed by atoms with Crippen LogP contribution in [0.5, 0.6) is 0 Å². The van der Waals surface area contributed by atoms with Crippen molar-refractivity contribution in [3.8, 4) is 0 Å². The van der Waals surface area contributed by atoms with Crippen LogP contribution in [0.4, 0.5) is 4.39 Å². The summed E-state index contributed by atoms with van der Waals surface area (Å²) in [7, 11) is 0. The van der Waals surface area contributed by atoms with Crippen molar-refractivity contribution in [2.24, 2.45) is 17.8 Å². The highest BCUT2D eigenvalue weighted by Crippen LogP contribution is 2.40. The van der Waals surface area contributed by atoms with E-state index < -0.39 is 0 Å². The Hall–Kier alpha value is -0.890. The highest BCUT2D eigenvalue weighted by atomic mass is 19.1. The first-order chi connectivity index (χ1) is 10.0. The molecule has 0 aromatic heterocycles. The Bertz CT molecular complexity index is 437. The third-order valence-corrected chi connectivity index (χ3v) is 5.15. The molecular weight excluding hydrogens is 261 g/mol. The maximum Gasteiger partial charge on any atom is 0.123 e. The van der Waals surface area contributed by atoms with E-state index in [4.69, 9.17) is 0 Å². The van der Waals surface area contributed by atoms with E-state index in [2.05, 4.69) is 32.2 Å². The molecule has 2 heteroatoms. The van der Waals surface area contributed by atoms with E-state index in [9.17, 15) is 4.39 Å². The lowest BCUT2D eigenvalue weighted by Gasteiger charge is -2.37. The SMILES string of the molecule is CCCNC(c1cc(C)cc(F)c1)C1CCC(C)C(C)C1. The van der Waals surface area contributed by atoms with Crippen molar-refractivity contribution in [2.45, 2.75) is 59.4 Å². The molecule has 1 fully saturated rings. The lowest BCUT2D eigenvalue weighted by atomic mass is 9.72. The summed E-state index contributed by atoms with van der Waals surface area (Å²) in [5.41, 5.74) is 2.15. The Kier molecular flexibility index (Phi) is 5.80. The van der Waals surface area contributed by atoms with Crippen molar-refractivity contribution < 1.29 is 4.39 Å². The normalized spacial score (nSPS) is 27.6. The third kappa shape index (κ3) is 4.29. The summed E-state index contributed by atoms with van der Waals surface area (Å²) < 4.78 is 13.8. The molecule has 21 heavy (non-hydrogen) atoms. The summed E-state index contributed by atoms with van der Waals surface area (Å²) in [4.78, 5) is 0. The second kappa shape index (κ2) is 7.40. The van der Waals surface area contributed by atoms with Gasteiger partial charge in [-0.25, -0.2) is 4.39 Å². The highest BCUT2D eigenvalue weighted by Gasteiger charge is 2.30. The largest absolute Gasteiger partial charge is 0.310 e. The predicted octanol–water partition coefficient (Wildman–Crippen LogP) is 5.25. The molecular formula is C19H30FN. The van der Waals surface area contributed by atoms with Gasteiger partial charge in [-0.1, -0.05) is 33.3 Å². The molecule has 1 aromatic carbocycles.